The van der Waals surface area contributed by atoms with E-state index in [1.165, 1.54) is 11.3 Å². The third-order valence-electron chi connectivity index (χ3n) is 3.58. The van der Waals surface area contributed by atoms with Crippen LogP contribution < -0.4 is 14.8 Å². The van der Waals surface area contributed by atoms with Crippen molar-refractivity contribution < 1.29 is 14.3 Å². The number of nitrogens with zero attached hydrogens (tertiary/aromatic N) is 3. The van der Waals surface area contributed by atoms with E-state index in [9.17, 15) is 4.79 Å². The topological polar surface area (TPSA) is 86.2 Å². The quantitative estimate of drug-likeness (QED) is 0.772. The zero-order valence-electron chi connectivity index (χ0n) is 13.1. The Morgan fingerprint density at radius 2 is 2.16 bits per heavy atom. The molecule has 0 radical (unpaired) electrons. The molecule has 1 N–H and O–H groups in total. The summed E-state index contributed by atoms with van der Waals surface area (Å²) in [5, 5.41) is 5.48. The van der Waals surface area contributed by atoms with E-state index >= 15 is 0 Å². The molecule has 8 heteroatoms. The summed E-state index contributed by atoms with van der Waals surface area (Å²) in [6, 6.07) is 7.29. The third kappa shape index (κ3) is 3.43. The number of benzene rings is 1. The number of thiazole rings is 1. The van der Waals surface area contributed by atoms with Gasteiger partial charge in [-0.2, -0.15) is 0 Å². The fourth-order valence-electron chi connectivity index (χ4n) is 2.36. The lowest BCUT2D eigenvalue weighted by Crippen LogP contribution is -2.43. The van der Waals surface area contributed by atoms with Crippen molar-refractivity contribution in [2.24, 2.45) is 0 Å². The van der Waals surface area contributed by atoms with Crippen molar-refractivity contribution in [1.82, 2.24) is 20.3 Å². The van der Waals surface area contributed by atoms with Crippen LogP contribution in [0.5, 0.6) is 11.5 Å². The zero-order chi connectivity index (χ0) is 17.1. The molecule has 7 nitrogen and oxygen atoms in total. The highest BCUT2D eigenvalue weighted by Crippen LogP contribution is 2.30. The smallest absolute Gasteiger partial charge is 0.265 e. The van der Waals surface area contributed by atoms with Gasteiger partial charge in [0.25, 0.3) is 5.91 Å². The standard InChI is InChI=1S/C17H14N4O3S/c22-16(15-9-23-13-3-1-2-4-14(13)24-15)20-7-11-10-25-17(21-11)12-8-18-5-6-19-12/h1-6,8,10,15H,7,9H2,(H,20,22). The van der Waals surface area contributed by atoms with Gasteiger partial charge in [-0.1, -0.05) is 12.1 Å². The minimum atomic E-state index is -0.673. The van der Waals surface area contributed by atoms with Gasteiger partial charge in [0.15, 0.2) is 11.5 Å². The molecule has 2 aromatic heterocycles. The Morgan fingerprint density at radius 1 is 1.28 bits per heavy atom. The van der Waals surface area contributed by atoms with Gasteiger partial charge in [-0.05, 0) is 12.1 Å². The lowest BCUT2D eigenvalue weighted by molar-refractivity contribution is -0.130. The van der Waals surface area contributed by atoms with Gasteiger partial charge in [-0.25, -0.2) is 4.98 Å². The average molecular weight is 354 g/mol. The van der Waals surface area contributed by atoms with Crippen LogP contribution in [0.25, 0.3) is 10.7 Å². The molecule has 1 aliphatic heterocycles. The second kappa shape index (κ2) is 6.86. The Balaban J connectivity index is 1.36. The highest BCUT2D eigenvalue weighted by atomic mass is 32.1. The summed E-state index contributed by atoms with van der Waals surface area (Å²) in [6.45, 7) is 0.502. The van der Waals surface area contributed by atoms with Crippen molar-refractivity contribution in [3.63, 3.8) is 0 Å². The predicted molar refractivity (Wildman–Crippen MR) is 91.3 cm³/mol. The Hall–Kier alpha value is -3.00. The Bertz CT molecular complexity index is 884. The normalized spacial score (nSPS) is 15.6. The number of fused-ring (bicyclic) bond motifs is 1. The number of hydrogen-bond donors (Lipinski definition) is 1. The number of para-hydroxylation sites is 2. The molecule has 1 aromatic carbocycles. The van der Waals surface area contributed by atoms with Gasteiger partial charge in [0.05, 0.1) is 18.4 Å². The maximum atomic E-state index is 12.3. The summed E-state index contributed by atoms with van der Waals surface area (Å²) >= 11 is 1.46. The molecule has 0 spiro atoms. The van der Waals surface area contributed by atoms with Crippen LogP contribution in [0.15, 0.2) is 48.2 Å². The fraction of sp³-hybridized carbons (Fsp3) is 0.176. The van der Waals surface area contributed by atoms with Crippen LogP contribution in [0.3, 0.4) is 0 Å². The molecule has 25 heavy (non-hydrogen) atoms. The number of carbonyl (C=O) groups excluding carboxylic acids is 1. The molecule has 0 aliphatic carbocycles. The number of aromatic nitrogens is 3. The maximum Gasteiger partial charge on any atom is 0.265 e. The molecular weight excluding hydrogens is 340 g/mol. The highest BCUT2D eigenvalue weighted by molar-refractivity contribution is 7.13. The monoisotopic (exact) mass is 354 g/mol. The summed E-state index contributed by atoms with van der Waals surface area (Å²) in [6.07, 6.45) is 4.22. The largest absolute Gasteiger partial charge is 0.485 e. The molecule has 0 saturated heterocycles. The van der Waals surface area contributed by atoms with E-state index < -0.39 is 6.10 Å². The van der Waals surface area contributed by atoms with Crippen LogP contribution in [0, 0.1) is 0 Å². The van der Waals surface area contributed by atoms with Gasteiger partial charge in [-0.3, -0.25) is 14.8 Å². The number of ether oxygens (including phenoxy) is 2. The minimum Gasteiger partial charge on any atom is -0.485 e. The molecule has 126 valence electrons. The number of nitrogens with one attached hydrogen (secondary N) is 1. The van der Waals surface area contributed by atoms with Crippen LogP contribution >= 0.6 is 11.3 Å². The van der Waals surface area contributed by atoms with Gasteiger partial charge in [0.1, 0.15) is 17.3 Å². The molecule has 0 bridgehead atoms. The van der Waals surface area contributed by atoms with Crippen LogP contribution in [0.2, 0.25) is 0 Å². The van der Waals surface area contributed by atoms with Gasteiger partial charge >= 0.3 is 0 Å². The maximum absolute atomic E-state index is 12.3. The summed E-state index contributed by atoms with van der Waals surface area (Å²) in [5.74, 6) is 0.996. The summed E-state index contributed by atoms with van der Waals surface area (Å²) in [5.41, 5.74) is 1.47. The Morgan fingerprint density at radius 3 is 3.00 bits per heavy atom. The molecule has 0 fully saturated rings. The van der Waals surface area contributed by atoms with Crippen LogP contribution in [-0.4, -0.2) is 33.6 Å². The first-order valence-corrected chi connectivity index (χ1v) is 8.54. The minimum absolute atomic E-state index is 0.185. The van der Waals surface area contributed by atoms with Gasteiger partial charge in [-0.15, -0.1) is 11.3 Å². The second-order valence-corrected chi connectivity index (χ2v) is 6.17. The van der Waals surface area contributed by atoms with Crippen molar-refractivity contribution in [1.29, 1.82) is 0 Å². The van der Waals surface area contributed by atoms with Crippen molar-refractivity contribution in [2.75, 3.05) is 6.61 Å². The molecule has 3 aromatic rings. The molecule has 1 aliphatic rings. The van der Waals surface area contributed by atoms with E-state index in [2.05, 4.69) is 20.3 Å². The van der Waals surface area contributed by atoms with Crippen molar-refractivity contribution in [2.45, 2.75) is 12.6 Å². The number of carbonyl (C=O) groups is 1. The van der Waals surface area contributed by atoms with Gasteiger partial charge < -0.3 is 14.8 Å². The number of rotatable bonds is 4. The molecular formula is C17H14N4O3S. The van der Waals surface area contributed by atoms with Crippen LogP contribution in [0.4, 0.5) is 0 Å². The van der Waals surface area contributed by atoms with Crippen molar-refractivity contribution in [3.05, 3.63) is 53.9 Å². The molecule has 1 unspecified atom stereocenters. The summed E-state index contributed by atoms with van der Waals surface area (Å²) < 4.78 is 11.2. The van der Waals surface area contributed by atoms with Gasteiger partial charge in [0.2, 0.25) is 6.10 Å². The molecule has 3 heterocycles. The first-order valence-electron chi connectivity index (χ1n) is 7.66. The second-order valence-electron chi connectivity index (χ2n) is 5.32. The fourth-order valence-corrected chi connectivity index (χ4v) is 3.14. The zero-order valence-corrected chi connectivity index (χ0v) is 13.9. The average Bonchev–Trinajstić information content (AvgIpc) is 3.15. The van der Waals surface area contributed by atoms with E-state index in [1.54, 1.807) is 24.7 Å². The SMILES string of the molecule is O=C(NCc1csc(-c2cnccn2)n1)C1COc2ccccc2O1. The van der Waals surface area contributed by atoms with E-state index in [0.29, 0.717) is 23.7 Å². The van der Waals surface area contributed by atoms with E-state index in [-0.39, 0.29) is 12.5 Å². The van der Waals surface area contributed by atoms with E-state index in [4.69, 9.17) is 9.47 Å². The molecule has 1 amide bonds. The Labute approximate surface area is 147 Å². The van der Waals surface area contributed by atoms with Crippen LogP contribution in [0.1, 0.15) is 5.69 Å². The van der Waals surface area contributed by atoms with E-state index in [1.807, 2.05) is 23.6 Å². The van der Waals surface area contributed by atoms with Crippen LogP contribution in [-0.2, 0) is 11.3 Å². The Kier molecular flexibility index (Phi) is 4.26. The molecule has 0 saturated carbocycles. The van der Waals surface area contributed by atoms with E-state index in [0.717, 1.165) is 10.7 Å². The van der Waals surface area contributed by atoms with Crippen molar-refractivity contribution >= 4 is 17.2 Å². The predicted octanol–water partition coefficient (Wildman–Crippen LogP) is 2.06. The number of hydrogen-bond acceptors (Lipinski definition) is 7. The van der Waals surface area contributed by atoms with Gasteiger partial charge in [0, 0.05) is 17.8 Å². The third-order valence-corrected chi connectivity index (χ3v) is 4.49. The number of amides is 1. The molecule has 1 atom stereocenters. The summed E-state index contributed by atoms with van der Waals surface area (Å²) in [4.78, 5) is 25.0. The summed E-state index contributed by atoms with van der Waals surface area (Å²) in [7, 11) is 0. The molecule has 4 rings (SSSR count). The lowest BCUT2D eigenvalue weighted by Gasteiger charge is -2.25. The first-order chi connectivity index (χ1) is 12.3. The highest BCUT2D eigenvalue weighted by Gasteiger charge is 2.27. The first kappa shape index (κ1) is 15.5. The lowest BCUT2D eigenvalue weighted by atomic mass is 10.2. The van der Waals surface area contributed by atoms with Crippen molar-refractivity contribution in [3.8, 4) is 22.2 Å².